The number of rotatable bonds is 8. The Hall–Kier alpha value is -0.960. The van der Waals surface area contributed by atoms with Crippen molar-refractivity contribution < 1.29 is 21.9 Å². The van der Waals surface area contributed by atoms with Crippen LogP contribution in [-0.4, -0.2) is 52.4 Å². The third-order valence-corrected chi connectivity index (χ3v) is 5.25. The predicted molar refractivity (Wildman–Crippen MR) is 77.7 cm³/mol. The maximum atomic E-state index is 11.8. The van der Waals surface area contributed by atoms with Gasteiger partial charge in [-0.2, -0.15) is 0 Å². The summed E-state index contributed by atoms with van der Waals surface area (Å²) in [6.45, 7) is -0.354. The zero-order chi connectivity index (χ0) is 15.2. The van der Waals surface area contributed by atoms with Crippen LogP contribution in [0, 0.1) is 0 Å². The van der Waals surface area contributed by atoms with Gasteiger partial charge in [0.2, 0.25) is 10.0 Å². The second-order valence-electron chi connectivity index (χ2n) is 4.64. The van der Waals surface area contributed by atoms with Crippen LogP contribution >= 0.6 is 0 Å². The molecule has 0 radical (unpaired) electrons. The first-order valence-corrected chi connectivity index (χ1v) is 9.75. The highest BCUT2D eigenvalue weighted by atomic mass is 32.2. The summed E-state index contributed by atoms with van der Waals surface area (Å²) in [5.74, 6) is -0.942. The van der Waals surface area contributed by atoms with Gasteiger partial charge in [0.05, 0.1) is 18.1 Å². The largest absolute Gasteiger partial charge is 0.395 e. The average molecular weight is 321 g/mol. The molecule has 0 aliphatic carbocycles. The Balaban J connectivity index is 2.63. The highest BCUT2D eigenvalue weighted by molar-refractivity contribution is 7.93. The van der Waals surface area contributed by atoms with Gasteiger partial charge in [-0.05, 0) is 12.0 Å². The minimum absolute atomic E-state index is 0.343. The van der Waals surface area contributed by atoms with Crippen LogP contribution in [0.1, 0.15) is 5.56 Å². The molecular formula is C12H19NO5S2. The van der Waals surface area contributed by atoms with Crippen molar-refractivity contribution in [2.75, 3.05) is 24.4 Å². The first-order chi connectivity index (χ1) is 9.22. The summed E-state index contributed by atoms with van der Waals surface area (Å²) in [6.07, 6.45) is 1.32. The molecule has 0 fully saturated rings. The summed E-state index contributed by atoms with van der Waals surface area (Å²) in [7, 11) is -7.08. The van der Waals surface area contributed by atoms with E-state index in [-0.39, 0.29) is 6.61 Å². The van der Waals surface area contributed by atoms with Gasteiger partial charge >= 0.3 is 0 Å². The van der Waals surface area contributed by atoms with Crippen LogP contribution in [0.4, 0.5) is 0 Å². The number of aliphatic hydroxyl groups excluding tert-OH is 1. The van der Waals surface area contributed by atoms with E-state index in [0.29, 0.717) is 6.42 Å². The van der Waals surface area contributed by atoms with E-state index in [1.165, 1.54) is 0 Å². The van der Waals surface area contributed by atoms with E-state index < -0.39 is 37.4 Å². The summed E-state index contributed by atoms with van der Waals surface area (Å²) >= 11 is 0. The molecule has 0 saturated carbocycles. The van der Waals surface area contributed by atoms with Crippen molar-refractivity contribution >= 4 is 19.9 Å². The maximum Gasteiger partial charge on any atom is 0.212 e. The molecule has 1 rings (SSSR count). The van der Waals surface area contributed by atoms with Gasteiger partial charge in [-0.15, -0.1) is 0 Å². The molecule has 0 saturated heterocycles. The predicted octanol–water partition coefficient (Wildman–Crippen LogP) is -0.446. The SMILES string of the molecule is CS(=O)(=O)CCS(=O)(=O)N[C@@H](CO)Cc1ccccc1. The Morgan fingerprint density at radius 2 is 1.70 bits per heavy atom. The van der Waals surface area contributed by atoms with Crippen molar-refractivity contribution in [2.45, 2.75) is 12.5 Å². The third kappa shape index (κ3) is 6.99. The molecule has 0 aromatic heterocycles. The topological polar surface area (TPSA) is 101 Å². The Kier molecular flexibility index (Phi) is 6.12. The number of aliphatic hydroxyl groups is 1. The van der Waals surface area contributed by atoms with E-state index in [1.54, 1.807) is 0 Å². The van der Waals surface area contributed by atoms with E-state index in [4.69, 9.17) is 0 Å². The molecule has 1 aromatic rings. The number of hydrogen-bond acceptors (Lipinski definition) is 5. The van der Waals surface area contributed by atoms with Crippen molar-refractivity contribution in [2.24, 2.45) is 0 Å². The minimum atomic E-state index is -3.74. The monoisotopic (exact) mass is 321 g/mol. The van der Waals surface area contributed by atoms with Gasteiger partial charge in [-0.25, -0.2) is 21.6 Å². The van der Waals surface area contributed by atoms with Crippen molar-refractivity contribution in [1.29, 1.82) is 0 Å². The molecule has 0 unspecified atom stereocenters. The first kappa shape index (κ1) is 17.1. The smallest absolute Gasteiger partial charge is 0.212 e. The average Bonchev–Trinajstić information content (AvgIpc) is 2.36. The molecule has 0 spiro atoms. The number of sulfonamides is 1. The van der Waals surface area contributed by atoms with Gasteiger partial charge in [-0.3, -0.25) is 0 Å². The highest BCUT2D eigenvalue weighted by Gasteiger charge is 2.19. The lowest BCUT2D eigenvalue weighted by Crippen LogP contribution is -2.41. The van der Waals surface area contributed by atoms with Gasteiger partial charge in [0.1, 0.15) is 9.84 Å². The number of nitrogens with one attached hydrogen (secondary N) is 1. The van der Waals surface area contributed by atoms with Crippen LogP contribution < -0.4 is 4.72 Å². The van der Waals surface area contributed by atoms with E-state index in [1.807, 2.05) is 30.3 Å². The van der Waals surface area contributed by atoms with E-state index >= 15 is 0 Å². The van der Waals surface area contributed by atoms with Crippen molar-refractivity contribution in [3.8, 4) is 0 Å². The Morgan fingerprint density at radius 3 is 2.20 bits per heavy atom. The quantitative estimate of drug-likeness (QED) is 0.676. The molecule has 0 heterocycles. The lowest BCUT2D eigenvalue weighted by Gasteiger charge is -2.16. The van der Waals surface area contributed by atoms with Crippen LogP contribution in [-0.2, 0) is 26.3 Å². The van der Waals surface area contributed by atoms with Crippen molar-refractivity contribution in [3.05, 3.63) is 35.9 Å². The fourth-order valence-electron chi connectivity index (χ4n) is 1.62. The van der Waals surface area contributed by atoms with Gasteiger partial charge in [0.15, 0.2) is 0 Å². The fraction of sp³-hybridized carbons (Fsp3) is 0.500. The summed E-state index contributed by atoms with van der Waals surface area (Å²) in [5, 5.41) is 9.23. The molecule has 20 heavy (non-hydrogen) atoms. The fourth-order valence-corrected chi connectivity index (χ4v) is 4.49. The zero-order valence-electron chi connectivity index (χ0n) is 11.2. The lowest BCUT2D eigenvalue weighted by molar-refractivity contribution is 0.256. The molecule has 0 bridgehead atoms. The Labute approximate surface area is 119 Å². The normalized spacial score (nSPS) is 14.1. The Bertz CT molecular complexity index is 611. The standard InChI is InChI=1S/C12H19NO5S2/c1-19(15,16)7-8-20(17,18)13-12(10-14)9-11-5-3-2-4-6-11/h2-6,12-14H,7-10H2,1H3/t12-/m1/s1. The van der Waals surface area contributed by atoms with Crippen LogP contribution in [0.15, 0.2) is 30.3 Å². The van der Waals surface area contributed by atoms with Gasteiger partial charge in [0.25, 0.3) is 0 Å². The number of sulfone groups is 1. The Morgan fingerprint density at radius 1 is 1.10 bits per heavy atom. The highest BCUT2D eigenvalue weighted by Crippen LogP contribution is 2.04. The van der Waals surface area contributed by atoms with E-state index in [9.17, 15) is 21.9 Å². The molecule has 114 valence electrons. The van der Waals surface area contributed by atoms with Crippen LogP contribution in [0.25, 0.3) is 0 Å². The van der Waals surface area contributed by atoms with Gasteiger partial charge < -0.3 is 5.11 Å². The van der Waals surface area contributed by atoms with Gasteiger partial charge in [0, 0.05) is 12.3 Å². The summed E-state index contributed by atoms with van der Waals surface area (Å²) in [4.78, 5) is 0. The minimum Gasteiger partial charge on any atom is -0.395 e. The van der Waals surface area contributed by atoms with E-state index in [2.05, 4.69) is 4.72 Å². The molecule has 0 aliphatic rings. The molecule has 1 atom stereocenters. The maximum absolute atomic E-state index is 11.8. The van der Waals surface area contributed by atoms with Crippen molar-refractivity contribution in [1.82, 2.24) is 4.72 Å². The molecule has 0 amide bonds. The number of benzene rings is 1. The van der Waals surface area contributed by atoms with Gasteiger partial charge in [-0.1, -0.05) is 30.3 Å². The van der Waals surface area contributed by atoms with Crippen LogP contribution in [0.2, 0.25) is 0 Å². The third-order valence-electron chi connectivity index (χ3n) is 2.61. The molecule has 0 aliphatic heterocycles. The molecule has 2 N–H and O–H groups in total. The van der Waals surface area contributed by atoms with Crippen molar-refractivity contribution in [3.63, 3.8) is 0 Å². The molecule has 6 nitrogen and oxygen atoms in total. The summed E-state index contributed by atoms with van der Waals surface area (Å²) in [5.41, 5.74) is 0.886. The number of hydrogen-bond donors (Lipinski definition) is 2. The van der Waals surface area contributed by atoms with Crippen LogP contribution in [0.3, 0.4) is 0 Å². The lowest BCUT2D eigenvalue weighted by atomic mass is 10.1. The second kappa shape index (κ2) is 7.16. The second-order valence-corrected chi connectivity index (χ2v) is 8.77. The molecule has 8 heteroatoms. The molecule has 1 aromatic carbocycles. The van der Waals surface area contributed by atoms with E-state index in [0.717, 1.165) is 11.8 Å². The summed E-state index contributed by atoms with van der Waals surface area (Å²) < 4.78 is 47.8. The first-order valence-electron chi connectivity index (χ1n) is 6.04. The molecular weight excluding hydrogens is 302 g/mol. The zero-order valence-corrected chi connectivity index (χ0v) is 12.8. The summed E-state index contributed by atoms with van der Waals surface area (Å²) in [6, 6.07) is 8.47. The van der Waals surface area contributed by atoms with Crippen LogP contribution in [0.5, 0.6) is 0 Å².